The number of ether oxygens (including phenoxy) is 1. The predicted molar refractivity (Wildman–Crippen MR) is 85.4 cm³/mol. The van der Waals surface area contributed by atoms with Gasteiger partial charge in [-0.1, -0.05) is 38.1 Å². The fourth-order valence-corrected chi connectivity index (χ4v) is 2.66. The van der Waals surface area contributed by atoms with E-state index in [1.807, 2.05) is 0 Å². The Kier molecular flexibility index (Phi) is 6.90. The van der Waals surface area contributed by atoms with Crippen LogP contribution < -0.4 is 0 Å². The van der Waals surface area contributed by atoms with Crippen LogP contribution in [0, 0.1) is 0 Å². The summed E-state index contributed by atoms with van der Waals surface area (Å²) in [7, 11) is 0.777. The van der Waals surface area contributed by atoms with E-state index in [4.69, 9.17) is 4.74 Å². The third-order valence-corrected chi connectivity index (χ3v) is 4.78. The molecular formula is C18H19F11O. The first-order valence-electron chi connectivity index (χ1n) is 8.41. The summed E-state index contributed by atoms with van der Waals surface area (Å²) in [6.07, 6.45) is -9.49. The topological polar surface area (TPSA) is 9.23 Å². The highest BCUT2D eigenvalue weighted by Gasteiger charge is 2.87. The fraction of sp³-hybridized carbons (Fsp3) is 0.667. The second kappa shape index (κ2) is 7.83. The molecule has 1 atom stereocenters. The molecule has 0 N–H and O–H groups in total. The number of hydrogen-bond donors (Lipinski definition) is 0. The second-order valence-electron chi connectivity index (χ2n) is 7.32. The zero-order valence-electron chi connectivity index (χ0n) is 16.2. The minimum absolute atomic E-state index is 0.164. The Bertz CT molecular complexity index is 740. The van der Waals surface area contributed by atoms with E-state index in [1.54, 1.807) is 19.9 Å². The monoisotopic (exact) mass is 460 g/mol. The lowest BCUT2D eigenvalue weighted by molar-refractivity contribution is -0.424. The van der Waals surface area contributed by atoms with Crippen molar-refractivity contribution in [3.05, 3.63) is 35.4 Å². The molecule has 0 saturated carbocycles. The van der Waals surface area contributed by atoms with E-state index in [1.165, 1.54) is 12.1 Å². The molecule has 12 heteroatoms. The maximum absolute atomic E-state index is 14.2. The molecule has 0 saturated heterocycles. The number of halogens is 11. The van der Waals surface area contributed by atoms with Gasteiger partial charge in [-0.25, -0.2) is 0 Å². The molecule has 30 heavy (non-hydrogen) atoms. The van der Waals surface area contributed by atoms with Crippen LogP contribution in [0.15, 0.2) is 24.3 Å². The predicted octanol–water partition coefficient (Wildman–Crippen LogP) is 7.17. The quantitative estimate of drug-likeness (QED) is 0.374. The molecule has 0 aliphatic heterocycles. The van der Waals surface area contributed by atoms with Crippen LogP contribution in [-0.2, 0) is 10.3 Å². The van der Waals surface area contributed by atoms with E-state index in [-0.39, 0.29) is 11.5 Å². The zero-order valence-corrected chi connectivity index (χ0v) is 16.2. The maximum Gasteiger partial charge on any atom is 0.460 e. The molecule has 0 bridgehead atoms. The molecule has 1 unspecified atom stereocenters. The molecule has 1 rings (SSSR count). The van der Waals surface area contributed by atoms with Crippen LogP contribution in [-0.4, -0.2) is 37.0 Å². The van der Waals surface area contributed by atoms with E-state index in [2.05, 4.69) is 0 Å². The Morgan fingerprint density at radius 2 is 1.30 bits per heavy atom. The Labute approximate surface area is 165 Å². The van der Waals surface area contributed by atoms with Crippen LogP contribution in [0.1, 0.15) is 44.2 Å². The van der Waals surface area contributed by atoms with E-state index in [9.17, 15) is 48.3 Å². The van der Waals surface area contributed by atoms with Crippen LogP contribution in [0.25, 0.3) is 0 Å². The van der Waals surface area contributed by atoms with Crippen LogP contribution in [0.5, 0.6) is 0 Å². The molecule has 1 nitrogen and oxygen atoms in total. The van der Waals surface area contributed by atoms with Crippen molar-refractivity contribution in [2.24, 2.45) is 0 Å². The molecule has 0 aromatic heterocycles. The minimum atomic E-state index is -7.43. The van der Waals surface area contributed by atoms with Crippen LogP contribution >= 0.6 is 0 Å². The van der Waals surface area contributed by atoms with Gasteiger partial charge in [0.2, 0.25) is 0 Å². The summed E-state index contributed by atoms with van der Waals surface area (Å²) in [5, 5.41) is 0. The Balaban J connectivity index is 3.46. The number of benzene rings is 1. The van der Waals surface area contributed by atoms with Gasteiger partial charge in [0.05, 0.1) is 12.0 Å². The SMILES string of the molecule is COC(C)(CC(F)(F)C(F)(F)C(F)(F)C(F)(F)C(F)(F)F)c1cccc(C(C)C)c1. The lowest BCUT2D eigenvalue weighted by Crippen LogP contribution is -2.67. The largest absolute Gasteiger partial charge is 0.460 e. The van der Waals surface area contributed by atoms with Crippen molar-refractivity contribution in [3.63, 3.8) is 0 Å². The summed E-state index contributed by atoms with van der Waals surface area (Å²) in [5.41, 5.74) is -2.07. The minimum Gasteiger partial charge on any atom is -0.374 e. The maximum atomic E-state index is 14.2. The molecule has 0 radical (unpaired) electrons. The van der Waals surface area contributed by atoms with Crippen LogP contribution in [0.3, 0.4) is 0 Å². The lowest BCUT2D eigenvalue weighted by Gasteiger charge is -2.40. The standard InChI is InChI=1S/C18H19F11O/c1-10(2)11-6-5-7-12(8-11)13(3,30-4)9-14(19,20)15(21,22)16(23,24)17(25,26)18(27,28)29/h5-8,10H,9H2,1-4H3. The first-order chi connectivity index (χ1) is 13.2. The molecule has 0 spiro atoms. The van der Waals surface area contributed by atoms with Crippen molar-refractivity contribution in [3.8, 4) is 0 Å². The molecule has 174 valence electrons. The molecule has 0 aliphatic carbocycles. The summed E-state index contributed by atoms with van der Waals surface area (Å²) >= 11 is 0. The van der Waals surface area contributed by atoms with Crippen LogP contribution in [0.4, 0.5) is 48.3 Å². The number of methoxy groups -OCH3 is 1. The van der Waals surface area contributed by atoms with Gasteiger partial charge in [0.1, 0.15) is 0 Å². The van der Waals surface area contributed by atoms with Gasteiger partial charge in [-0.05, 0) is 24.0 Å². The Morgan fingerprint density at radius 3 is 1.70 bits per heavy atom. The van der Waals surface area contributed by atoms with Gasteiger partial charge in [-0.3, -0.25) is 0 Å². The number of alkyl halides is 11. The Hall–Kier alpha value is -1.59. The van der Waals surface area contributed by atoms with Gasteiger partial charge in [-0.15, -0.1) is 0 Å². The average molecular weight is 460 g/mol. The molecule has 0 fully saturated rings. The summed E-state index contributed by atoms with van der Waals surface area (Å²) in [4.78, 5) is 0. The van der Waals surface area contributed by atoms with E-state index in [0.717, 1.165) is 20.1 Å². The molecule has 0 aliphatic rings. The van der Waals surface area contributed by atoms with Crippen molar-refractivity contribution >= 4 is 0 Å². The van der Waals surface area contributed by atoms with Crippen molar-refractivity contribution in [2.75, 3.05) is 7.11 Å². The smallest absolute Gasteiger partial charge is 0.374 e. The summed E-state index contributed by atoms with van der Waals surface area (Å²) in [6.45, 7) is 4.20. The van der Waals surface area contributed by atoms with Crippen LogP contribution in [0.2, 0.25) is 0 Å². The van der Waals surface area contributed by atoms with Crippen molar-refractivity contribution in [2.45, 2.75) is 68.6 Å². The summed E-state index contributed by atoms with van der Waals surface area (Å²) in [5.74, 6) is -28.1. The van der Waals surface area contributed by atoms with Gasteiger partial charge in [0.15, 0.2) is 0 Å². The highest BCUT2D eigenvalue weighted by Crippen LogP contribution is 2.59. The fourth-order valence-electron chi connectivity index (χ4n) is 2.66. The molecule has 1 aromatic rings. The number of rotatable bonds is 8. The highest BCUT2D eigenvalue weighted by atomic mass is 19.4. The molecular weight excluding hydrogens is 441 g/mol. The molecule has 0 heterocycles. The van der Waals surface area contributed by atoms with Gasteiger partial charge in [-0.2, -0.15) is 48.3 Å². The van der Waals surface area contributed by atoms with Gasteiger partial charge >= 0.3 is 29.9 Å². The first kappa shape index (κ1) is 26.4. The normalized spacial score (nSPS) is 16.7. The van der Waals surface area contributed by atoms with E-state index in [0.29, 0.717) is 5.56 Å². The summed E-state index contributed by atoms with van der Waals surface area (Å²) < 4.78 is 151. The third-order valence-electron chi connectivity index (χ3n) is 4.78. The summed E-state index contributed by atoms with van der Waals surface area (Å²) in [6, 6.07) is 5.29. The van der Waals surface area contributed by atoms with Gasteiger partial charge < -0.3 is 4.74 Å². The molecule has 0 amide bonds. The van der Waals surface area contributed by atoms with Crippen molar-refractivity contribution in [1.29, 1.82) is 0 Å². The highest BCUT2D eigenvalue weighted by molar-refractivity contribution is 5.30. The third kappa shape index (κ3) is 4.24. The number of hydrogen-bond acceptors (Lipinski definition) is 1. The average Bonchev–Trinajstić information content (AvgIpc) is 2.59. The second-order valence-corrected chi connectivity index (χ2v) is 7.32. The first-order valence-corrected chi connectivity index (χ1v) is 8.41. The van der Waals surface area contributed by atoms with Crippen molar-refractivity contribution in [1.82, 2.24) is 0 Å². The lowest BCUT2D eigenvalue weighted by atomic mass is 9.83. The van der Waals surface area contributed by atoms with E-state index < -0.39 is 41.9 Å². The van der Waals surface area contributed by atoms with Crippen molar-refractivity contribution < 1.29 is 53.0 Å². The van der Waals surface area contributed by atoms with Gasteiger partial charge in [0.25, 0.3) is 0 Å². The van der Waals surface area contributed by atoms with E-state index >= 15 is 0 Å². The zero-order chi connectivity index (χ0) is 24.0. The molecule has 1 aromatic carbocycles. The Morgan fingerprint density at radius 1 is 0.800 bits per heavy atom. The van der Waals surface area contributed by atoms with Gasteiger partial charge in [0, 0.05) is 7.11 Å².